The molecule has 0 saturated carbocycles. The average Bonchev–Trinajstić information content (AvgIpc) is 2.98. The van der Waals surface area contributed by atoms with Crippen molar-refractivity contribution < 1.29 is 4.79 Å². The molecule has 1 aliphatic rings. The normalized spacial score (nSPS) is 15.9. The van der Waals surface area contributed by atoms with Gasteiger partial charge in [0.1, 0.15) is 0 Å². The monoisotopic (exact) mass is 347 g/mol. The first kappa shape index (κ1) is 15.9. The summed E-state index contributed by atoms with van der Waals surface area (Å²) in [5.74, 6) is -0.0285. The Labute approximate surface area is 152 Å². The van der Waals surface area contributed by atoms with Gasteiger partial charge in [0.25, 0.3) is 0 Å². The Hall–Kier alpha value is -2.58. The van der Waals surface area contributed by atoms with Crippen LogP contribution in [0.1, 0.15) is 33.1 Å². The van der Waals surface area contributed by atoms with Gasteiger partial charge in [0.15, 0.2) is 5.78 Å². The summed E-state index contributed by atoms with van der Waals surface area (Å²) in [6.07, 6.45) is 0.902. The van der Waals surface area contributed by atoms with Crippen LogP contribution >= 0.6 is 11.6 Å². The highest BCUT2D eigenvalue weighted by Gasteiger charge is 2.28. The molecule has 0 aliphatic carbocycles. The van der Waals surface area contributed by atoms with Crippen LogP contribution in [0.2, 0.25) is 5.02 Å². The van der Waals surface area contributed by atoms with Crippen molar-refractivity contribution in [1.29, 1.82) is 0 Å². The molecule has 0 fully saturated rings. The molecule has 1 unspecified atom stereocenters. The molecule has 2 nitrogen and oxygen atoms in total. The molecule has 1 heterocycles. The van der Waals surface area contributed by atoms with Gasteiger partial charge < -0.3 is 4.90 Å². The molecular formula is C22H18ClNO. The van der Waals surface area contributed by atoms with Crippen LogP contribution in [0.4, 0.5) is 5.69 Å². The summed E-state index contributed by atoms with van der Waals surface area (Å²) in [6, 6.07) is 23.9. The Bertz CT molecular complexity index is 936. The predicted octanol–water partition coefficient (Wildman–Crippen LogP) is 5.30. The molecule has 1 atom stereocenters. The minimum absolute atomic E-state index is 0.0285. The maximum atomic E-state index is 12.8. The van der Waals surface area contributed by atoms with Crippen molar-refractivity contribution in [3.8, 4) is 0 Å². The molecule has 3 aromatic carbocycles. The third kappa shape index (κ3) is 2.83. The van der Waals surface area contributed by atoms with Crippen molar-refractivity contribution in [1.82, 2.24) is 0 Å². The molecule has 0 saturated heterocycles. The lowest BCUT2D eigenvalue weighted by molar-refractivity contribution is 0.103. The second kappa shape index (κ2) is 6.38. The minimum Gasteiger partial charge on any atom is -0.367 e. The standard InChI is InChI=1S/C22H18ClNO/c1-24-20-12-11-16(22(25)18-9-5-6-10-19(18)23)13-17(20)14-21(24)15-7-3-2-4-8-15/h2-13,21H,14H2,1H3. The molecule has 0 spiro atoms. The second-order valence-electron chi connectivity index (χ2n) is 6.39. The zero-order valence-electron chi connectivity index (χ0n) is 13.9. The zero-order chi connectivity index (χ0) is 17.4. The molecule has 124 valence electrons. The van der Waals surface area contributed by atoms with Crippen LogP contribution < -0.4 is 4.90 Å². The van der Waals surface area contributed by atoms with E-state index in [1.54, 1.807) is 12.1 Å². The van der Waals surface area contributed by atoms with Gasteiger partial charge in [-0.05, 0) is 47.9 Å². The van der Waals surface area contributed by atoms with Crippen molar-refractivity contribution in [2.45, 2.75) is 12.5 Å². The maximum Gasteiger partial charge on any atom is 0.194 e. The summed E-state index contributed by atoms with van der Waals surface area (Å²) < 4.78 is 0. The van der Waals surface area contributed by atoms with Gasteiger partial charge in [0, 0.05) is 23.9 Å². The van der Waals surface area contributed by atoms with E-state index in [0.717, 1.165) is 6.42 Å². The van der Waals surface area contributed by atoms with E-state index in [2.05, 4.69) is 36.2 Å². The number of ketones is 1. The molecule has 3 heteroatoms. The number of rotatable bonds is 3. The zero-order valence-corrected chi connectivity index (χ0v) is 14.7. The number of halogens is 1. The number of carbonyl (C=O) groups excluding carboxylic acids is 1. The number of fused-ring (bicyclic) bond motifs is 1. The average molecular weight is 348 g/mol. The second-order valence-corrected chi connectivity index (χ2v) is 6.80. The Morgan fingerprint density at radius 2 is 1.72 bits per heavy atom. The molecule has 1 aliphatic heterocycles. The van der Waals surface area contributed by atoms with Gasteiger partial charge >= 0.3 is 0 Å². The van der Waals surface area contributed by atoms with Crippen LogP contribution in [0.15, 0.2) is 72.8 Å². The Balaban J connectivity index is 1.67. The highest BCUT2D eigenvalue weighted by atomic mass is 35.5. The van der Waals surface area contributed by atoms with Crippen molar-refractivity contribution in [2.24, 2.45) is 0 Å². The number of carbonyl (C=O) groups is 1. The summed E-state index contributed by atoms with van der Waals surface area (Å²) in [6.45, 7) is 0. The smallest absolute Gasteiger partial charge is 0.194 e. The van der Waals surface area contributed by atoms with Crippen LogP contribution in [0.3, 0.4) is 0 Å². The van der Waals surface area contributed by atoms with E-state index in [-0.39, 0.29) is 5.78 Å². The van der Waals surface area contributed by atoms with Gasteiger partial charge in [-0.1, -0.05) is 54.1 Å². The van der Waals surface area contributed by atoms with Gasteiger partial charge in [-0.15, -0.1) is 0 Å². The Morgan fingerprint density at radius 1 is 1.00 bits per heavy atom. The quantitative estimate of drug-likeness (QED) is 0.599. The molecule has 4 rings (SSSR count). The fourth-order valence-corrected chi connectivity index (χ4v) is 3.79. The Morgan fingerprint density at radius 3 is 2.48 bits per heavy atom. The highest BCUT2D eigenvalue weighted by molar-refractivity contribution is 6.35. The third-order valence-corrected chi connectivity index (χ3v) is 5.23. The first-order valence-electron chi connectivity index (χ1n) is 8.35. The third-order valence-electron chi connectivity index (χ3n) is 4.91. The predicted molar refractivity (Wildman–Crippen MR) is 103 cm³/mol. The largest absolute Gasteiger partial charge is 0.367 e. The molecule has 25 heavy (non-hydrogen) atoms. The van der Waals surface area contributed by atoms with E-state index < -0.39 is 0 Å². The van der Waals surface area contributed by atoms with E-state index in [4.69, 9.17) is 11.6 Å². The summed E-state index contributed by atoms with van der Waals surface area (Å²) in [7, 11) is 2.11. The topological polar surface area (TPSA) is 20.3 Å². The number of anilines is 1. The number of benzene rings is 3. The first-order chi connectivity index (χ1) is 12.1. The van der Waals surface area contributed by atoms with E-state index >= 15 is 0 Å². The van der Waals surface area contributed by atoms with Crippen LogP contribution in [-0.4, -0.2) is 12.8 Å². The van der Waals surface area contributed by atoms with Crippen molar-refractivity contribution in [3.05, 3.63) is 100 Å². The van der Waals surface area contributed by atoms with Crippen LogP contribution in [0, 0.1) is 0 Å². The number of likely N-dealkylation sites (N-methyl/N-ethyl adjacent to an activating group) is 1. The number of hydrogen-bond donors (Lipinski definition) is 0. The molecule has 0 radical (unpaired) electrons. The van der Waals surface area contributed by atoms with Crippen molar-refractivity contribution in [3.63, 3.8) is 0 Å². The fraction of sp³-hybridized carbons (Fsp3) is 0.136. The van der Waals surface area contributed by atoms with Crippen molar-refractivity contribution >= 4 is 23.1 Å². The number of hydrogen-bond acceptors (Lipinski definition) is 2. The SMILES string of the molecule is CN1c2ccc(C(=O)c3ccccc3Cl)cc2CC1c1ccccc1. The van der Waals surface area contributed by atoms with Gasteiger partial charge in [0.2, 0.25) is 0 Å². The van der Waals surface area contributed by atoms with E-state index in [0.29, 0.717) is 22.2 Å². The highest BCUT2D eigenvalue weighted by Crippen LogP contribution is 2.39. The summed E-state index contributed by atoms with van der Waals surface area (Å²) >= 11 is 6.18. The summed E-state index contributed by atoms with van der Waals surface area (Å²) in [4.78, 5) is 15.1. The molecule has 0 aromatic heterocycles. The van der Waals surface area contributed by atoms with Gasteiger partial charge in [-0.25, -0.2) is 0 Å². The molecule has 0 bridgehead atoms. The minimum atomic E-state index is -0.0285. The van der Waals surface area contributed by atoms with Crippen LogP contribution in [0.5, 0.6) is 0 Å². The van der Waals surface area contributed by atoms with Crippen molar-refractivity contribution in [2.75, 3.05) is 11.9 Å². The Kier molecular flexibility index (Phi) is 4.06. The molecule has 0 amide bonds. The van der Waals surface area contributed by atoms with Gasteiger partial charge in [0.05, 0.1) is 11.1 Å². The molecule has 0 N–H and O–H groups in total. The maximum absolute atomic E-state index is 12.8. The first-order valence-corrected chi connectivity index (χ1v) is 8.73. The molecular weight excluding hydrogens is 330 g/mol. The van der Waals surface area contributed by atoms with E-state index in [9.17, 15) is 4.79 Å². The van der Waals surface area contributed by atoms with E-state index in [1.165, 1.54) is 16.8 Å². The summed E-state index contributed by atoms with van der Waals surface area (Å²) in [5.41, 5.74) is 4.92. The lowest BCUT2D eigenvalue weighted by Gasteiger charge is -2.23. The summed E-state index contributed by atoms with van der Waals surface area (Å²) in [5, 5.41) is 0.493. The molecule has 3 aromatic rings. The lowest BCUT2D eigenvalue weighted by Crippen LogP contribution is -2.19. The van der Waals surface area contributed by atoms with Crippen LogP contribution in [-0.2, 0) is 6.42 Å². The fourth-order valence-electron chi connectivity index (χ4n) is 3.56. The van der Waals surface area contributed by atoms with Gasteiger partial charge in [-0.2, -0.15) is 0 Å². The lowest BCUT2D eigenvalue weighted by atomic mass is 9.98. The van der Waals surface area contributed by atoms with Crippen LogP contribution in [0.25, 0.3) is 0 Å². The number of nitrogens with zero attached hydrogens (tertiary/aromatic N) is 1. The van der Waals surface area contributed by atoms with E-state index in [1.807, 2.05) is 36.4 Å². The van der Waals surface area contributed by atoms with Gasteiger partial charge in [-0.3, -0.25) is 4.79 Å².